The van der Waals surface area contributed by atoms with Gasteiger partial charge >= 0.3 is 0 Å². The molecule has 0 saturated heterocycles. The first-order valence-corrected chi connectivity index (χ1v) is 7.07. The molecule has 0 fully saturated rings. The summed E-state index contributed by atoms with van der Waals surface area (Å²) in [4.78, 5) is 3.90. The molecule has 1 atom stereocenters. The van der Waals surface area contributed by atoms with E-state index in [4.69, 9.17) is 5.73 Å². The molecule has 1 rings (SSSR count). The summed E-state index contributed by atoms with van der Waals surface area (Å²) in [6.07, 6.45) is 5.03. The molecule has 0 aliphatic carbocycles. The van der Waals surface area contributed by atoms with Crippen LogP contribution in [0.4, 0.5) is 0 Å². The summed E-state index contributed by atoms with van der Waals surface area (Å²) in [6, 6.07) is 4.90. The summed E-state index contributed by atoms with van der Waals surface area (Å²) >= 11 is 1.85. The molecule has 0 amide bonds. The normalized spacial score (nSPS) is 13.2. The lowest BCUT2D eigenvalue weighted by Crippen LogP contribution is -2.22. The van der Waals surface area contributed by atoms with Crippen LogP contribution in [0.15, 0.2) is 17.5 Å². The fourth-order valence-corrected chi connectivity index (χ4v) is 2.65. The van der Waals surface area contributed by atoms with Crippen LogP contribution in [-0.4, -0.2) is 25.0 Å². The smallest absolute Gasteiger partial charge is 0.0410 e. The van der Waals surface area contributed by atoms with Crippen LogP contribution >= 0.6 is 11.3 Å². The lowest BCUT2D eigenvalue weighted by Gasteiger charge is -2.23. The maximum Gasteiger partial charge on any atom is 0.0410 e. The quantitative estimate of drug-likeness (QED) is 0.707. The summed E-state index contributed by atoms with van der Waals surface area (Å²) in [7, 11) is 2.22. The minimum Gasteiger partial charge on any atom is -0.330 e. The third kappa shape index (κ3) is 4.64. The van der Waals surface area contributed by atoms with E-state index in [1.807, 2.05) is 11.3 Å². The lowest BCUT2D eigenvalue weighted by molar-refractivity contribution is 0.258. The van der Waals surface area contributed by atoms with Gasteiger partial charge < -0.3 is 5.73 Å². The van der Waals surface area contributed by atoms with E-state index < -0.39 is 0 Å². The molecule has 1 heterocycles. The van der Waals surface area contributed by atoms with E-state index in [2.05, 4.69) is 36.4 Å². The zero-order valence-electron chi connectivity index (χ0n) is 10.5. The zero-order chi connectivity index (χ0) is 11.8. The Bertz CT molecular complexity index is 259. The summed E-state index contributed by atoms with van der Waals surface area (Å²) in [5, 5.41) is 2.15. The van der Waals surface area contributed by atoms with Crippen molar-refractivity contribution in [2.75, 3.05) is 20.1 Å². The van der Waals surface area contributed by atoms with Gasteiger partial charge in [0.05, 0.1) is 0 Å². The van der Waals surface area contributed by atoms with Gasteiger partial charge in [-0.1, -0.05) is 18.9 Å². The minimum absolute atomic E-state index is 0.550. The molecule has 1 unspecified atom stereocenters. The second-order valence-electron chi connectivity index (χ2n) is 4.37. The molecule has 1 aromatic heterocycles. The molecule has 0 aliphatic rings. The first-order chi connectivity index (χ1) is 7.75. The number of hydrogen-bond donors (Lipinski definition) is 1. The van der Waals surface area contributed by atoms with Crippen molar-refractivity contribution in [3.63, 3.8) is 0 Å². The van der Waals surface area contributed by atoms with Gasteiger partial charge in [0.15, 0.2) is 0 Å². The highest BCUT2D eigenvalue weighted by Crippen LogP contribution is 2.23. The predicted molar refractivity (Wildman–Crippen MR) is 72.9 cm³/mol. The zero-order valence-corrected chi connectivity index (χ0v) is 11.3. The lowest BCUT2D eigenvalue weighted by atomic mass is 10.1. The van der Waals surface area contributed by atoms with Gasteiger partial charge in [0.25, 0.3) is 0 Å². The monoisotopic (exact) mass is 240 g/mol. The van der Waals surface area contributed by atoms with Crippen LogP contribution in [0.2, 0.25) is 0 Å². The number of nitrogens with zero attached hydrogens (tertiary/aromatic N) is 1. The van der Waals surface area contributed by atoms with Crippen LogP contribution in [0.5, 0.6) is 0 Å². The SMILES string of the molecule is CC(c1cccs1)N(C)CCCCCCN. The molecule has 2 nitrogen and oxygen atoms in total. The second kappa shape index (κ2) is 7.82. The van der Waals surface area contributed by atoms with Crippen molar-refractivity contribution in [2.45, 2.75) is 38.6 Å². The van der Waals surface area contributed by atoms with Crippen LogP contribution < -0.4 is 5.73 Å². The van der Waals surface area contributed by atoms with Crippen molar-refractivity contribution in [3.8, 4) is 0 Å². The molecule has 3 heteroatoms. The third-order valence-corrected chi connectivity index (χ3v) is 4.12. The molecule has 16 heavy (non-hydrogen) atoms. The third-order valence-electron chi connectivity index (χ3n) is 3.08. The standard InChI is InChI=1S/C13H24N2S/c1-12(13-8-7-11-16-13)15(2)10-6-4-3-5-9-14/h7-8,11-12H,3-6,9-10,14H2,1-2H3. The van der Waals surface area contributed by atoms with Gasteiger partial charge in [-0.05, 0) is 51.3 Å². The van der Waals surface area contributed by atoms with Gasteiger partial charge in [-0.2, -0.15) is 0 Å². The Hall–Kier alpha value is -0.380. The number of hydrogen-bond acceptors (Lipinski definition) is 3. The fraction of sp³-hybridized carbons (Fsp3) is 0.692. The first-order valence-electron chi connectivity index (χ1n) is 6.19. The van der Waals surface area contributed by atoms with Crippen LogP contribution in [0, 0.1) is 0 Å². The molecule has 0 saturated carbocycles. The summed E-state index contributed by atoms with van der Waals surface area (Å²) < 4.78 is 0. The molecule has 0 aliphatic heterocycles. The van der Waals surface area contributed by atoms with E-state index in [9.17, 15) is 0 Å². The molecule has 2 N–H and O–H groups in total. The van der Waals surface area contributed by atoms with Gasteiger partial charge in [-0.3, -0.25) is 4.90 Å². The van der Waals surface area contributed by atoms with E-state index in [0.29, 0.717) is 6.04 Å². The van der Waals surface area contributed by atoms with Crippen molar-refractivity contribution in [2.24, 2.45) is 5.73 Å². The first kappa shape index (κ1) is 13.7. The average Bonchev–Trinajstić information content (AvgIpc) is 2.81. The Morgan fingerprint density at radius 2 is 2.06 bits per heavy atom. The Morgan fingerprint density at radius 3 is 2.69 bits per heavy atom. The maximum atomic E-state index is 5.47. The highest BCUT2D eigenvalue weighted by Gasteiger charge is 2.11. The van der Waals surface area contributed by atoms with Gasteiger partial charge in [0.2, 0.25) is 0 Å². The van der Waals surface area contributed by atoms with Crippen LogP contribution in [-0.2, 0) is 0 Å². The summed E-state index contributed by atoms with van der Waals surface area (Å²) in [5.41, 5.74) is 5.47. The Morgan fingerprint density at radius 1 is 1.31 bits per heavy atom. The maximum absolute atomic E-state index is 5.47. The molecular weight excluding hydrogens is 216 g/mol. The van der Waals surface area contributed by atoms with Crippen LogP contribution in [0.1, 0.15) is 43.5 Å². The second-order valence-corrected chi connectivity index (χ2v) is 5.35. The van der Waals surface area contributed by atoms with E-state index in [0.717, 1.165) is 6.54 Å². The van der Waals surface area contributed by atoms with Crippen LogP contribution in [0.25, 0.3) is 0 Å². The van der Waals surface area contributed by atoms with E-state index in [1.165, 1.54) is 37.1 Å². The van der Waals surface area contributed by atoms with Crippen molar-refractivity contribution in [3.05, 3.63) is 22.4 Å². The summed E-state index contributed by atoms with van der Waals surface area (Å²) in [6.45, 7) is 4.30. The average molecular weight is 240 g/mol. The summed E-state index contributed by atoms with van der Waals surface area (Å²) in [5.74, 6) is 0. The van der Waals surface area contributed by atoms with Gasteiger partial charge in [0, 0.05) is 10.9 Å². The number of nitrogens with two attached hydrogens (primary N) is 1. The Kier molecular flexibility index (Phi) is 6.69. The Balaban J connectivity index is 2.17. The molecule has 0 aromatic carbocycles. The largest absolute Gasteiger partial charge is 0.330 e. The van der Waals surface area contributed by atoms with E-state index in [-0.39, 0.29) is 0 Å². The molecule has 0 spiro atoms. The molecule has 1 aromatic rings. The highest BCUT2D eigenvalue weighted by atomic mass is 32.1. The number of rotatable bonds is 8. The van der Waals surface area contributed by atoms with Gasteiger partial charge in [-0.15, -0.1) is 11.3 Å². The van der Waals surface area contributed by atoms with Crippen molar-refractivity contribution in [1.82, 2.24) is 4.90 Å². The topological polar surface area (TPSA) is 29.3 Å². The fourth-order valence-electron chi connectivity index (χ4n) is 1.80. The molecule has 0 bridgehead atoms. The molecular formula is C13H24N2S. The van der Waals surface area contributed by atoms with E-state index in [1.54, 1.807) is 0 Å². The van der Waals surface area contributed by atoms with Gasteiger partial charge in [-0.25, -0.2) is 0 Å². The molecule has 92 valence electrons. The number of thiophene rings is 1. The molecule has 0 radical (unpaired) electrons. The van der Waals surface area contributed by atoms with Crippen molar-refractivity contribution < 1.29 is 0 Å². The van der Waals surface area contributed by atoms with E-state index >= 15 is 0 Å². The number of unbranched alkanes of at least 4 members (excludes halogenated alkanes) is 3. The van der Waals surface area contributed by atoms with Crippen LogP contribution in [0.3, 0.4) is 0 Å². The van der Waals surface area contributed by atoms with Crippen molar-refractivity contribution in [1.29, 1.82) is 0 Å². The van der Waals surface area contributed by atoms with Gasteiger partial charge in [0.1, 0.15) is 0 Å². The highest BCUT2D eigenvalue weighted by molar-refractivity contribution is 7.10. The Labute approximate surface area is 103 Å². The minimum atomic E-state index is 0.550. The van der Waals surface area contributed by atoms with Crippen molar-refractivity contribution >= 4 is 11.3 Å². The predicted octanol–water partition coefficient (Wildman–Crippen LogP) is 3.26.